The number of anilines is 1. The maximum absolute atomic E-state index is 12.8. The van der Waals surface area contributed by atoms with Crippen LogP contribution in [0.15, 0.2) is 46.1 Å². The Hall–Kier alpha value is -3.30. The molecule has 3 amide bonds. The van der Waals surface area contributed by atoms with Crippen LogP contribution in [0.4, 0.5) is 10.5 Å². The molecule has 1 fully saturated rings. The van der Waals surface area contributed by atoms with Crippen LogP contribution in [0.2, 0.25) is 5.02 Å². The first kappa shape index (κ1) is 21.9. The van der Waals surface area contributed by atoms with Gasteiger partial charge in [-0.15, -0.1) is 0 Å². The number of aryl methyl sites for hydroxylation is 3. The van der Waals surface area contributed by atoms with Gasteiger partial charge in [0.2, 0.25) is 5.91 Å². The molecule has 32 heavy (non-hydrogen) atoms. The zero-order chi connectivity index (χ0) is 23.2. The minimum atomic E-state index is -0.542. The van der Waals surface area contributed by atoms with Gasteiger partial charge in [-0.1, -0.05) is 23.7 Å². The van der Waals surface area contributed by atoms with Gasteiger partial charge in [0.1, 0.15) is 6.54 Å². The Balaban J connectivity index is 1.52. The van der Waals surface area contributed by atoms with E-state index in [9.17, 15) is 19.2 Å². The van der Waals surface area contributed by atoms with Crippen molar-refractivity contribution in [3.8, 4) is 0 Å². The van der Waals surface area contributed by atoms with E-state index in [1.165, 1.54) is 9.13 Å². The predicted octanol–water partition coefficient (Wildman–Crippen LogP) is 3.51. The van der Waals surface area contributed by atoms with Crippen LogP contribution in [-0.2, 0) is 23.7 Å². The minimum Gasteiger partial charge on any atom is -0.324 e. The molecule has 3 aromatic rings. The number of carbonyl (C=O) groups excluding carboxylic acids is 3. The van der Waals surface area contributed by atoms with E-state index in [0.29, 0.717) is 21.8 Å². The molecule has 2 heterocycles. The Kier molecular flexibility index (Phi) is 5.70. The largest absolute Gasteiger partial charge is 0.328 e. The Morgan fingerprint density at radius 2 is 1.78 bits per heavy atom. The molecule has 0 atom stereocenters. The molecule has 1 aromatic heterocycles. The number of hydrogen-bond acceptors (Lipinski definition) is 5. The number of halogens is 1. The van der Waals surface area contributed by atoms with Gasteiger partial charge in [0, 0.05) is 24.8 Å². The van der Waals surface area contributed by atoms with Crippen LogP contribution in [0.3, 0.4) is 0 Å². The third-order valence-corrected chi connectivity index (χ3v) is 6.54. The zero-order valence-corrected chi connectivity index (χ0v) is 19.1. The monoisotopic (exact) mass is 470 g/mol. The summed E-state index contributed by atoms with van der Waals surface area (Å²) in [5.41, 5.74) is 3.34. The number of imide groups is 1. The third-order valence-electron chi connectivity index (χ3n) is 5.22. The number of carbonyl (C=O) groups is 3. The molecular weight excluding hydrogens is 452 g/mol. The second-order valence-electron chi connectivity index (χ2n) is 7.43. The van der Waals surface area contributed by atoms with E-state index >= 15 is 0 Å². The van der Waals surface area contributed by atoms with Gasteiger partial charge in [0.25, 0.3) is 11.1 Å². The first-order valence-electron chi connectivity index (χ1n) is 9.62. The average Bonchev–Trinajstić information content (AvgIpc) is 3.13. The van der Waals surface area contributed by atoms with Crippen molar-refractivity contribution >= 4 is 63.2 Å². The van der Waals surface area contributed by atoms with Crippen LogP contribution < -0.4 is 11.0 Å². The number of nitrogens with zero attached hydrogens (tertiary/aromatic N) is 3. The molecule has 2 aromatic carbocycles. The molecule has 0 bridgehead atoms. The number of thioether (sulfide) groups is 1. The van der Waals surface area contributed by atoms with Crippen molar-refractivity contribution in [2.24, 2.45) is 14.1 Å². The Bertz CT molecular complexity index is 1390. The topological polar surface area (TPSA) is 93.4 Å². The van der Waals surface area contributed by atoms with Gasteiger partial charge in [-0.3, -0.25) is 28.4 Å². The van der Waals surface area contributed by atoms with E-state index in [4.69, 9.17) is 11.6 Å². The number of fused-ring (bicyclic) bond motifs is 1. The third kappa shape index (κ3) is 3.96. The maximum atomic E-state index is 12.8. The summed E-state index contributed by atoms with van der Waals surface area (Å²) in [6.45, 7) is 1.44. The molecule has 0 spiro atoms. The first-order valence-corrected chi connectivity index (χ1v) is 10.8. The molecule has 8 nitrogen and oxygen atoms in total. The Morgan fingerprint density at radius 3 is 2.50 bits per heavy atom. The molecule has 1 saturated heterocycles. The highest BCUT2D eigenvalue weighted by molar-refractivity contribution is 8.18. The van der Waals surface area contributed by atoms with Gasteiger partial charge in [-0.05, 0) is 60.2 Å². The van der Waals surface area contributed by atoms with Crippen molar-refractivity contribution in [1.29, 1.82) is 0 Å². The van der Waals surface area contributed by atoms with Crippen molar-refractivity contribution in [2.75, 3.05) is 11.9 Å². The van der Waals surface area contributed by atoms with Gasteiger partial charge in [0.05, 0.1) is 15.9 Å². The van der Waals surface area contributed by atoms with Crippen molar-refractivity contribution < 1.29 is 14.4 Å². The molecular formula is C22H19ClN4O4S. The zero-order valence-electron chi connectivity index (χ0n) is 17.5. The summed E-state index contributed by atoms with van der Waals surface area (Å²) in [5.74, 6) is -1.05. The standard InChI is InChI=1S/C22H19ClN4O4S/c1-12-4-6-14(10-15(12)23)24-19(28)11-27-20(29)18(32-22(27)31)9-13-5-7-16-17(8-13)26(3)21(30)25(16)2/h4-10H,11H2,1-3H3,(H,24,28)/b18-9+. The smallest absolute Gasteiger partial charge is 0.324 e. The first-order chi connectivity index (χ1) is 15.2. The summed E-state index contributed by atoms with van der Waals surface area (Å²) >= 11 is 6.84. The summed E-state index contributed by atoms with van der Waals surface area (Å²) in [7, 11) is 3.35. The number of rotatable bonds is 4. The number of imidazole rings is 1. The Morgan fingerprint density at radius 1 is 1.06 bits per heavy atom. The fraction of sp³-hybridized carbons (Fsp3) is 0.182. The lowest BCUT2D eigenvalue weighted by molar-refractivity contribution is -0.127. The van der Waals surface area contributed by atoms with E-state index in [1.54, 1.807) is 56.6 Å². The highest BCUT2D eigenvalue weighted by Crippen LogP contribution is 2.32. The van der Waals surface area contributed by atoms with Gasteiger partial charge in [-0.25, -0.2) is 4.79 Å². The lowest BCUT2D eigenvalue weighted by atomic mass is 10.2. The molecule has 10 heteroatoms. The second kappa shape index (κ2) is 8.33. The number of hydrogen-bond donors (Lipinski definition) is 1. The molecule has 1 N–H and O–H groups in total. The summed E-state index contributed by atoms with van der Waals surface area (Å²) < 4.78 is 3.05. The van der Waals surface area contributed by atoms with E-state index in [1.807, 2.05) is 6.92 Å². The molecule has 4 rings (SSSR count). The van der Waals surface area contributed by atoms with Gasteiger partial charge < -0.3 is 5.32 Å². The van der Waals surface area contributed by atoms with Gasteiger partial charge >= 0.3 is 5.69 Å². The summed E-state index contributed by atoms with van der Waals surface area (Å²) in [6, 6.07) is 10.4. The molecule has 1 aliphatic heterocycles. The highest BCUT2D eigenvalue weighted by atomic mass is 35.5. The molecule has 0 unspecified atom stereocenters. The fourth-order valence-electron chi connectivity index (χ4n) is 3.42. The van der Waals surface area contributed by atoms with E-state index in [-0.39, 0.29) is 10.6 Å². The molecule has 1 aliphatic rings. The van der Waals surface area contributed by atoms with Crippen molar-refractivity contribution in [1.82, 2.24) is 14.0 Å². The highest BCUT2D eigenvalue weighted by Gasteiger charge is 2.36. The van der Waals surface area contributed by atoms with Crippen LogP contribution in [0.5, 0.6) is 0 Å². The van der Waals surface area contributed by atoms with E-state index in [0.717, 1.165) is 27.7 Å². The summed E-state index contributed by atoms with van der Waals surface area (Å²) in [6.07, 6.45) is 1.58. The summed E-state index contributed by atoms with van der Waals surface area (Å²) in [5, 5.41) is 2.63. The molecule has 0 radical (unpaired) electrons. The van der Waals surface area contributed by atoms with Crippen molar-refractivity contribution in [3.05, 3.63) is 67.9 Å². The van der Waals surface area contributed by atoms with Crippen LogP contribution in [0.1, 0.15) is 11.1 Å². The lowest BCUT2D eigenvalue weighted by Gasteiger charge is -2.13. The van der Waals surface area contributed by atoms with E-state index in [2.05, 4.69) is 5.32 Å². The lowest BCUT2D eigenvalue weighted by Crippen LogP contribution is -2.36. The van der Waals surface area contributed by atoms with Crippen LogP contribution in [0.25, 0.3) is 17.1 Å². The van der Waals surface area contributed by atoms with Crippen LogP contribution in [-0.4, -0.2) is 37.6 Å². The minimum absolute atomic E-state index is 0.154. The normalized spacial score (nSPS) is 15.2. The van der Waals surface area contributed by atoms with Crippen molar-refractivity contribution in [2.45, 2.75) is 6.92 Å². The molecule has 164 valence electrons. The molecule has 0 aliphatic carbocycles. The SMILES string of the molecule is Cc1ccc(NC(=O)CN2C(=O)S/C(=C/c3ccc4c(c3)n(C)c(=O)n4C)C2=O)cc1Cl. The van der Waals surface area contributed by atoms with Crippen LogP contribution >= 0.6 is 23.4 Å². The quantitative estimate of drug-likeness (QED) is 0.589. The fourth-order valence-corrected chi connectivity index (χ4v) is 4.43. The van der Waals surface area contributed by atoms with Crippen LogP contribution in [0, 0.1) is 6.92 Å². The van der Waals surface area contributed by atoms with E-state index < -0.39 is 23.6 Å². The summed E-state index contributed by atoms with van der Waals surface area (Å²) in [4.78, 5) is 50.7. The predicted molar refractivity (Wildman–Crippen MR) is 126 cm³/mol. The number of benzene rings is 2. The second-order valence-corrected chi connectivity index (χ2v) is 8.83. The average molecular weight is 471 g/mol. The van der Waals surface area contributed by atoms with Crippen molar-refractivity contribution in [3.63, 3.8) is 0 Å². The molecule has 0 saturated carbocycles. The van der Waals surface area contributed by atoms with Gasteiger partial charge in [0.15, 0.2) is 0 Å². The number of amides is 3. The van der Waals surface area contributed by atoms with Gasteiger partial charge in [-0.2, -0.15) is 0 Å². The number of nitrogens with one attached hydrogen (secondary N) is 1. The Labute approximate surface area is 192 Å². The maximum Gasteiger partial charge on any atom is 0.328 e. The number of aromatic nitrogens is 2.